The number of imide groups is 1. The number of fused-ring (bicyclic) bond motifs is 1. The third-order valence-corrected chi connectivity index (χ3v) is 7.41. The number of esters is 1. The molecule has 200 valence electrons. The highest BCUT2D eigenvalue weighted by Gasteiger charge is 2.48. The zero-order valence-electron chi connectivity index (χ0n) is 21.6. The van der Waals surface area contributed by atoms with Crippen molar-refractivity contribution in [2.24, 2.45) is 17.8 Å². The van der Waals surface area contributed by atoms with Crippen molar-refractivity contribution in [2.75, 3.05) is 7.11 Å². The molecule has 0 aromatic carbocycles. The van der Waals surface area contributed by atoms with Crippen molar-refractivity contribution < 1.29 is 38.5 Å². The molecule has 0 radical (unpaired) electrons. The smallest absolute Gasteiger partial charge is 0.331 e. The van der Waals surface area contributed by atoms with Crippen LogP contribution in [0.1, 0.15) is 65.7 Å². The number of aliphatic hydroxyl groups is 1. The number of methoxy groups -OCH3 is 1. The first-order chi connectivity index (χ1) is 17.1. The molecule has 3 heterocycles. The summed E-state index contributed by atoms with van der Waals surface area (Å²) in [6.07, 6.45) is 5.98. The second kappa shape index (κ2) is 12.7. The summed E-state index contributed by atoms with van der Waals surface area (Å²) in [4.78, 5) is 48.8. The van der Waals surface area contributed by atoms with E-state index in [9.17, 15) is 24.3 Å². The van der Waals surface area contributed by atoms with E-state index in [1.54, 1.807) is 27.0 Å². The summed E-state index contributed by atoms with van der Waals surface area (Å²) in [5.41, 5.74) is 0.680. The van der Waals surface area contributed by atoms with E-state index in [1.807, 2.05) is 13.0 Å². The first-order valence-corrected chi connectivity index (χ1v) is 12.9. The van der Waals surface area contributed by atoms with Crippen molar-refractivity contribution in [3.05, 3.63) is 23.8 Å². The molecule has 3 rings (SSSR count). The Balaban J connectivity index is 1.68. The van der Waals surface area contributed by atoms with Crippen LogP contribution < -0.4 is 5.32 Å². The van der Waals surface area contributed by atoms with Crippen LogP contribution in [0, 0.1) is 17.8 Å². The van der Waals surface area contributed by atoms with Crippen molar-refractivity contribution in [3.63, 3.8) is 0 Å². The molecular formula is C27H39NO8. The Hall–Kier alpha value is -2.36. The fourth-order valence-corrected chi connectivity index (χ4v) is 5.27. The van der Waals surface area contributed by atoms with Crippen LogP contribution in [-0.2, 0) is 33.4 Å². The molecule has 2 fully saturated rings. The van der Waals surface area contributed by atoms with Gasteiger partial charge >= 0.3 is 5.97 Å². The lowest BCUT2D eigenvalue weighted by Crippen LogP contribution is -2.39. The molecule has 7 atom stereocenters. The number of cyclic esters (lactones) is 1. The number of carbonyl (C=O) groups excluding carboxylic acids is 4. The molecule has 0 aromatic heterocycles. The van der Waals surface area contributed by atoms with Gasteiger partial charge in [-0.05, 0) is 44.1 Å². The monoisotopic (exact) mass is 505 g/mol. The Labute approximate surface area is 212 Å². The van der Waals surface area contributed by atoms with Gasteiger partial charge in [0.2, 0.25) is 11.8 Å². The van der Waals surface area contributed by atoms with E-state index in [4.69, 9.17) is 14.2 Å². The number of carbonyl (C=O) groups is 4. The fourth-order valence-electron chi connectivity index (χ4n) is 5.27. The van der Waals surface area contributed by atoms with Crippen LogP contribution in [0.5, 0.6) is 0 Å². The van der Waals surface area contributed by atoms with Gasteiger partial charge in [0.05, 0.1) is 18.1 Å². The van der Waals surface area contributed by atoms with Crippen molar-refractivity contribution >= 4 is 23.6 Å². The van der Waals surface area contributed by atoms with Crippen LogP contribution >= 0.6 is 0 Å². The zero-order chi connectivity index (χ0) is 26.4. The van der Waals surface area contributed by atoms with Gasteiger partial charge in [0, 0.05) is 38.4 Å². The summed E-state index contributed by atoms with van der Waals surface area (Å²) < 4.78 is 17.0. The highest BCUT2D eigenvalue weighted by Crippen LogP contribution is 2.35. The standard InChI is InChI=1S/C27H39NO8/c1-15-12-16(2)25(17(3)19(29)9-7-8-18-13-21(30)28-22(31)14-18)36-23(32)11-6-5-10-20-26(35-20)27(34-4)24(15)33/h6,11-12,15,17-18,20,24-27,33H,5,7-10,13-14H2,1-4H3,(H,28,30,31)/t15-,17-,20?,24+,25+,26?,27-/m1/s1. The molecule has 9 nitrogen and oxygen atoms in total. The van der Waals surface area contributed by atoms with Gasteiger partial charge in [0.15, 0.2) is 0 Å². The van der Waals surface area contributed by atoms with Gasteiger partial charge in [-0.15, -0.1) is 0 Å². The number of Topliss-reactive ketones (excluding diaryl/α,β-unsaturated/α-hetero) is 1. The second-order valence-electron chi connectivity index (χ2n) is 10.3. The van der Waals surface area contributed by atoms with E-state index < -0.39 is 30.2 Å². The molecule has 2 N–H and O–H groups in total. The maximum absolute atomic E-state index is 13.1. The van der Waals surface area contributed by atoms with Gasteiger partial charge in [0.1, 0.15) is 24.1 Å². The summed E-state index contributed by atoms with van der Waals surface area (Å²) in [7, 11) is 1.56. The molecule has 36 heavy (non-hydrogen) atoms. The molecule has 2 unspecified atom stereocenters. The molecule has 0 aliphatic carbocycles. The number of amides is 2. The maximum atomic E-state index is 13.1. The molecule has 0 saturated carbocycles. The van der Waals surface area contributed by atoms with E-state index in [1.165, 1.54) is 6.08 Å². The van der Waals surface area contributed by atoms with Gasteiger partial charge in [-0.25, -0.2) is 4.79 Å². The van der Waals surface area contributed by atoms with Crippen LogP contribution in [0.4, 0.5) is 0 Å². The molecule has 0 spiro atoms. The molecule has 0 bridgehead atoms. The number of hydrogen-bond donors (Lipinski definition) is 2. The van der Waals surface area contributed by atoms with Crippen molar-refractivity contribution in [1.82, 2.24) is 5.32 Å². The van der Waals surface area contributed by atoms with Crippen molar-refractivity contribution in [2.45, 2.75) is 96.2 Å². The lowest BCUT2D eigenvalue weighted by molar-refractivity contribution is -0.145. The lowest BCUT2D eigenvalue weighted by atomic mass is 9.86. The van der Waals surface area contributed by atoms with Gasteiger partial charge < -0.3 is 19.3 Å². The molecule has 3 aliphatic rings. The number of rotatable bonds is 7. The minimum atomic E-state index is -0.823. The summed E-state index contributed by atoms with van der Waals surface area (Å²) in [5.74, 6) is -2.10. The van der Waals surface area contributed by atoms with E-state index in [-0.39, 0.29) is 48.1 Å². The van der Waals surface area contributed by atoms with Crippen molar-refractivity contribution in [1.29, 1.82) is 0 Å². The third-order valence-electron chi connectivity index (χ3n) is 7.41. The van der Waals surface area contributed by atoms with Gasteiger partial charge in [-0.3, -0.25) is 19.7 Å². The van der Waals surface area contributed by atoms with Crippen LogP contribution in [0.15, 0.2) is 23.8 Å². The predicted octanol–water partition coefficient (Wildman–Crippen LogP) is 2.40. The first kappa shape index (κ1) is 28.2. The minimum absolute atomic E-state index is 0.0167. The SMILES string of the molecule is CO[C@H]1C2OC2CCC=CC(=O)O[C@H]([C@H](C)C(=O)CCCC2CC(=O)NC(=O)C2)C(C)=C[C@@H](C)[C@@H]1O. The number of piperidine rings is 1. The topological polar surface area (TPSA) is 132 Å². The van der Waals surface area contributed by atoms with E-state index in [2.05, 4.69) is 5.32 Å². The average molecular weight is 506 g/mol. The normalized spacial score (nSPS) is 33.0. The number of aliphatic hydroxyl groups excluding tert-OH is 1. The van der Waals surface area contributed by atoms with E-state index in [0.29, 0.717) is 44.1 Å². The quantitative estimate of drug-likeness (QED) is 0.233. The Morgan fingerprint density at radius 1 is 1.25 bits per heavy atom. The number of epoxide rings is 1. The van der Waals surface area contributed by atoms with Crippen LogP contribution in [0.25, 0.3) is 0 Å². The number of allylic oxidation sites excluding steroid dienone is 1. The van der Waals surface area contributed by atoms with E-state index >= 15 is 0 Å². The summed E-state index contributed by atoms with van der Waals surface area (Å²) in [6.45, 7) is 5.39. The molecule has 9 heteroatoms. The van der Waals surface area contributed by atoms with Gasteiger partial charge in [-0.2, -0.15) is 0 Å². The highest BCUT2D eigenvalue weighted by molar-refractivity contribution is 5.97. The van der Waals surface area contributed by atoms with Gasteiger partial charge in [-0.1, -0.05) is 26.0 Å². The number of hydrogen-bond acceptors (Lipinski definition) is 8. The summed E-state index contributed by atoms with van der Waals surface area (Å²) in [6, 6.07) is 0. The highest BCUT2D eigenvalue weighted by atomic mass is 16.6. The third kappa shape index (κ3) is 7.57. The summed E-state index contributed by atoms with van der Waals surface area (Å²) >= 11 is 0. The second-order valence-corrected chi connectivity index (χ2v) is 10.3. The fraction of sp³-hybridized carbons (Fsp3) is 0.704. The zero-order valence-corrected chi connectivity index (χ0v) is 21.6. The lowest BCUT2D eigenvalue weighted by Gasteiger charge is -2.28. The largest absolute Gasteiger partial charge is 0.454 e. The number of ketones is 1. The van der Waals surface area contributed by atoms with E-state index in [0.717, 1.165) is 0 Å². The molecule has 0 aromatic rings. The maximum Gasteiger partial charge on any atom is 0.331 e. The number of nitrogens with one attached hydrogen (secondary N) is 1. The molecule has 2 amide bonds. The Morgan fingerprint density at radius 3 is 2.61 bits per heavy atom. The van der Waals surface area contributed by atoms with Crippen molar-refractivity contribution in [3.8, 4) is 0 Å². The Bertz CT molecular complexity index is 880. The first-order valence-electron chi connectivity index (χ1n) is 12.9. The molecular weight excluding hydrogens is 466 g/mol. The molecule has 2 saturated heterocycles. The Morgan fingerprint density at radius 2 is 1.94 bits per heavy atom. The van der Waals surface area contributed by atoms with Crippen LogP contribution in [0.2, 0.25) is 0 Å². The predicted molar refractivity (Wildman–Crippen MR) is 131 cm³/mol. The minimum Gasteiger partial charge on any atom is -0.454 e. The Kier molecular flexibility index (Phi) is 9.99. The van der Waals surface area contributed by atoms with Crippen LogP contribution in [0.3, 0.4) is 0 Å². The number of ether oxygens (including phenoxy) is 3. The average Bonchev–Trinajstić information content (AvgIpc) is 3.58. The summed E-state index contributed by atoms with van der Waals surface area (Å²) in [5, 5.41) is 13.2. The van der Waals surface area contributed by atoms with Crippen LogP contribution in [-0.4, -0.2) is 66.3 Å². The van der Waals surface area contributed by atoms with Gasteiger partial charge in [0.25, 0.3) is 0 Å². The molecule has 3 aliphatic heterocycles.